The summed E-state index contributed by atoms with van der Waals surface area (Å²) in [5, 5.41) is 5.98. The van der Waals surface area contributed by atoms with E-state index in [4.69, 9.17) is 0 Å². The van der Waals surface area contributed by atoms with Crippen LogP contribution in [-0.2, 0) is 9.59 Å². The number of carbonyl (C=O) groups excluding carboxylic acids is 2. The highest BCUT2D eigenvalue weighted by molar-refractivity contribution is 6.00. The van der Waals surface area contributed by atoms with Crippen LogP contribution < -0.4 is 10.6 Å². The van der Waals surface area contributed by atoms with Crippen molar-refractivity contribution >= 4 is 11.8 Å². The maximum absolute atomic E-state index is 11.7. The minimum atomic E-state index is -0.126. The number of likely N-dealkylation sites (tertiary alicyclic amines) is 1. The Kier molecular flexibility index (Phi) is 2.44. The third kappa shape index (κ3) is 1.74. The molecule has 0 unspecified atom stereocenters. The van der Waals surface area contributed by atoms with E-state index < -0.39 is 0 Å². The van der Waals surface area contributed by atoms with E-state index in [0.717, 1.165) is 13.1 Å². The fourth-order valence-electron chi connectivity index (χ4n) is 3.12. The number of imide groups is 1. The Hall–Kier alpha value is -0.940. The van der Waals surface area contributed by atoms with E-state index in [9.17, 15) is 9.59 Å². The van der Waals surface area contributed by atoms with Crippen LogP contribution in [0.4, 0.5) is 0 Å². The summed E-state index contributed by atoms with van der Waals surface area (Å²) in [5.74, 6) is -0.225. The monoisotopic (exact) mass is 223 g/mol. The highest BCUT2D eigenvalue weighted by Gasteiger charge is 2.39. The summed E-state index contributed by atoms with van der Waals surface area (Å²) in [6.07, 6.45) is 3.60. The lowest BCUT2D eigenvalue weighted by Gasteiger charge is -2.38. The van der Waals surface area contributed by atoms with Crippen molar-refractivity contribution in [2.24, 2.45) is 0 Å². The molecule has 3 atom stereocenters. The largest absolute Gasteiger partial charge is 0.309 e. The number of carbonyl (C=O) groups is 2. The minimum absolute atomic E-state index is 0.0806. The summed E-state index contributed by atoms with van der Waals surface area (Å²) in [6, 6.07) is 1.01. The number of rotatable bonds is 1. The highest BCUT2D eigenvalue weighted by Crippen LogP contribution is 2.23. The van der Waals surface area contributed by atoms with Crippen LogP contribution in [0.3, 0.4) is 0 Å². The van der Waals surface area contributed by atoms with E-state index >= 15 is 0 Å². The average Bonchev–Trinajstić information content (AvgIpc) is 2.58. The van der Waals surface area contributed by atoms with Gasteiger partial charge in [-0.3, -0.25) is 19.8 Å². The first-order valence-electron chi connectivity index (χ1n) is 6.06. The van der Waals surface area contributed by atoms with Gasteiger partial charge in [0.15, 0.2) is 0 Å². The molecule has 0 radical (unpaired) electrons. The van der Waals surface area contributed by atoms with Gasteiger partial charge in [0, 0.05) is 31.6 Å². The maximum Gasteiger partial charge on any atom is 0.243 e. The third-order valence-corrected chi connectivity index (χ3v) is 3.90. The Morgan fingerprint density at radius 1 is 1.06 bits per heavy atom. The van der Waals surface area contributed by atoms with Gasteiger partial charge in [0.05, 0.1) is 6.04 Å². The molecule has 0 spiro atoms. The molecular weight excluding hydrogens is 206 g/mol. The van der Waals surface area contributed by atoms with Gasteiger partial charge in [-0.2, -0.15) is 0 Å². The fourth-order valence-corrected chi connectivity index (χ4v) is 3.12. The maximum atomic E-state index is 11.7. The summed E-state index contributed by atoms with van der Waals surface area (Å²) in [6.45, 7) is 1.89. The molecule has 3 heterocycles. The molecule has 2 amide bonds. The number of fused-ring (bicyclic) bond motifs is 2. The molecule has 0 aromatic heterocycles. The lowest BCUT2D eigenvalue weighted by Crippen LogP contribution is -2.60. The minimum Gasteiger partial charge on any atom is -0.309 e. The summed E-state index contributed by atoms with van der Waals surface area (Å²) < 4.78 is 0. The molecular formula is C11H17N3O2. The molecule has 3 fully saturated rings. The van der Waals surface area contributed by atoms with E-state index in [1.807, 2.05) is 0 Å². The molecule has 0 saturated carbocycles. The molecule has 3 saturated heterocycles. The van der Waals surface area contributed by atoms with Gasteiger partial charge < -0.3 is 5.32 Å². The van der Waals surface area contributed by atoms with Gasteiger partial charge in [-0.15, -0.1) is 0 Å². The first-order chi connectivity index (χ1) is 7.72. The van der Waals surface area contributed by atoms with Crippen molar-refractivity contribution in [3.05, 3.63) is 0 Å². The lowest BCUT2D eigenvalue weighted by atomic mass is 10.0. The molecule has 0 aromatic carbocycles. The van der Waals surface area contributed by atoms with E-state index in [2.05, 4.69) is 15.5 Å². The summed E-state index contributed by atoms with van der Waals surface area (Å²) >= 11 is 0. The Morgan fingerprint density at radius 3 is 2.38 bits per heavy atom. The number of piperidine rings is 1. The van der Waals surface area contributed by atoms with E-state index in [1.165, 1.54) is 12.8 Å². The smallest absolute Gasteiger partial charge is 0.243 e. The van der Waals surface area contributed by atoms with Crippen LogP contribution in [0.1, 0.15) is 25.7 Å². The standard InChI is InChI=1S/C11H17N3O2/c15-10-4-3-9(11(16)13-10)14-5-7-1-2-8(6-14)12-7/h7-9,12H,1-6H2,(H,13,15,16)/t7-,8+,9-/m1/s1. The molecule has 0 aromatic rings. The van der Waals surface area contributed by atoms with Crippen LogP contribution in [0.25, 0.3) is 0 Å². The van der Waals surface area contributed by atoms with Crippen molar-refractivity contribution in [1.29, 1.82) is 0 Å². The SMILES string of the molecule is O=C1CC[C@@H](N2C[C@H]3CC[C@@H](C2)N3)C(=O)N1. The van der Waals surface area contributed by atoms with Gasteiger partial charge in [0.2, 0.25) is 11.8 Å². The van der Waals surface area contributed by atoms with Crippen molar-refractivity contribution in [1.82, 2.24) is 15.5 Å². The van der Waals surface area contributed by atoms with Crippen molar-refractivity contribution in [2.75, 3.05) is 13.1 Å². The zero-order valence-electron chi connectivity index (χ0n) is 9.24. The highest BCUT2D eigenvalue weighted by atomic mass is 16.2. The zero-order valence-corrected chi connectivity index (χ0v) is 9.24. The van der Waals surface area contributed by atoms with Crippen LogP contribution in [0.15, 0.2) is 0 Å². The van der Waals surface area contributed by atoms with Crippen LogP contribution in [0, 0.1) is 0 Å². The molecule has 5 nitrogen and oxygen atoms in total. The number of hydrogen-bond donors (Lipinski definition) is 2. The molecule has 16 heavy (non-hydrogen) atoms. The molecule has 3 aliphatic rings. The van der Waals surface area contributed by atoms with Crippen molar-refractivity contribution in [2.45, 2.75) is 43.8 Å². The van der Waals surface area contributed by atoms with Crippen LogP contribution in [0.5, 0.6) is 0 Å². The molecule has 88 valence electrons. The van der Waals surface area contributed by atoms with Gasteiger partial charge in [-0.1, -0.05) is 0 Å². The second-order valence-electron chi connectivity index (χ2n) is 5.06. The first-order valence-corrected chi connectivity index (χ1v) is 6.06. The fraction of sp³-hybridized carbons (Fsp3) is 0.818. The molecule has 0 aliphatic carbocycles. The van der Waals surface area contributed by atoms with Gasteiger partial charge in [0.25, 0.3) is 0 Å². The Bertz CT molecular complexity index is 319. The van der Waals surface area contributed by atoms with Crippen molar-refractivity contribution in [3.63, 3.8) is 0 Å². The van der Waals surface area contributed by atoms with E-state index in [-0.39, 0.29) is 17.9 Å². The Labute approximate surface area is 94.6 Å². The number of hydrogen-bond acceptors (Lipinski definition) is 4. The molecule has 3 rings (SSSR count). The Morgan fingerprint density at radius 2 is 1.75 bits per heavy atom. The topological polar surface area (TPSA) is 61.4 Å². The van der Waals surface area contributed by atoms with Crippen LogP contribution >= 0.6 is 0 Å². The first kappa shape index (κ1) is 10.2. The van der Waals surface area contributed by atoms with E-state index in [1.54, 1.807) is 0 Å². The average molecular weight is 223 g/mol. The van der Waals surface area contributed by atoms with Crippen molar-refractivity contribution in [3.8, 4) is 0 Å². The van der Waals surface area contributed by atoms with Gasteiger partial charge in [-0.05, 0) is 19.3 Å². The van der Waals surface area contributed by atoms with Gasteiger partial charge >= 0.3 is 0 Å². The third-order valence-electron chi connectivity index (χ3n) is 3.90. The molecule has 5 heteroatoms. The second kappa shape index (κ2) is 3.82. The van der Waals surface area contributed by atoms with Gasteiger partial charge in [0.1, 0.15) is 0 Å². The van der Waals surface area contributed by atoms with Crippen molar-refractivity contribution < 1.29 is 9.59 Å². The van der Waals surface area contributed by atoms with E-state index in [0.29, 0.717) is 24.9 Å². The number of amides is 2. The summed E-state index contributed by atoms with van der Waals surface area (Å²) in [4.78, 5) is 25.1. The zero-order chi connectivity index (χ0) is 11.1. The quantitative estimate of drug-likeness (QED) is 0.573. The van der Waals surface area contributed by atoms with Crippen LogP contribution in [-0.4, -0.2) is 47.9 Å². The molecule has 2 bridgehead atoms. The summed E-state index contributed by atoms with van der Waals surface area (Å²) in [7, 11) is 0. The predicted molar refractivity (Wildman–Crippen MR) is 57.7 cm³/mol. The predicted octanol–water partition coefficient (Wildman–Crippen LogP) is -0.772. The molecule has 3 aliphatic heterocycles. The number of nitrogens with zero attached hydrogens (tertiary/aromatic N) is 1. The lowest BCUT2D eigenvalue weighted by molar-refractivity contribution is -0.138. The second-order valence-corrected chi connectivity index (χ2v) is 5.06. The summed E-state index contributed by atoms with van der Waals surface area (Å²) in [5.41, 5.74) is 0. The number of piperazine rings is 1. The van der Waals surface area contributed by atoms with Crippen LogP contribution in [0.2, 0.25) is 0 Å². The normalized spacial score (nSPS) is 39.9. The Balaban J connectivity index is 1.68. The van der Waals surface area contributed by atoms with Gasteiger partial charge in [-0.25, -0.2) is 0 Å². The molecule has 2 N–H and O–H groups in total. The number of nitrogens with one attached hydrogen (secondary N) is 2.